The largest absolute Gasteiger partial charge is 0.441 e. The first-order valence-electron chi connectivity index (χ1n) is 9.45. The molecule has 1 saturated heterocycles. The second-order valence-electron chi connectivity index (χ2n) is 7.36. The standard InChI is InChI=1S/C20H23F2N3O2/c1-13-17(23-20(27-13)15-7-4-8-16(21)19(15)22)11-24-9-10-25(18(26)12-24)14-5-2-3-6-14/h4,7-8,14H,2-3,5-6,9-12H2,1H3. The average Bonchev–Trinajstić information content (AvgIpc) is 3.28. The normalized spacial score (nSPS) is 19.2. The summed E-state index contributed by atoms with van der Waals surface area (Å²) in [7, 11) is 0. The highest BCUT2D eigenvalue weighted by molar-refractivity contribution is 5.79. The molecule has 0 radical (unpaired) electrons. The zero-order chi connectivity index (χ0) is 19.0. The Labute approximate surface area is 157 Å². The van der Waals surface area contributed by atoms with Crippen LogP contribution in [0, 0.1) is 18.6 Å². The van der Waals surface area contributed by atoms with Crippen LogP contribution in [-0.4, -0.2) is 46.4 Å². The van der Waals surface area contributed by atoms with Gasteiger partial charge in [-0.15, -0.1) is 0 Å². The molecule has 2 heterocycles. The first-order valence-corrected chi connectivity index (χ1v) is 9.45. The number of amides is 1. The molecule has 1 amide bonds. The van der Waals surface area contributed by atoms with Crippen molar-refractivity contribution in [3.05, 3.63) is 41.3 Å². The summed E-state index contributed by atoms with van der Waals surface area (Å²) in [4.78, 5) is 20.9. The van der Waals surface area contributed by atoms with Crippen LogP contribution < -0.4 is 0 Å². The van der Waals surface area contributed by atoms with Crippen LogP contribution in [0.5, 0.6) is 0 Å². The van der Waals surface area contributed by atoms with Gasteiger partial charge in [-0.2, -0.15) is 0 Å². The summed E-state index contributed by atoms with van der Waals surface area (Å²) < 4.78 is 33.0. The second kappa shape index (κ2) is 7.38. The van der Waals surface area contributed by atoms with Gasteiger partial charge in [0.15, 0.2) is 11.6 Å². The average molecular weight is 375 g/mol. The molecule has 144 valence electrons. The van der Waals surface area contributed by atoms with Gasteiger partial charge in [0, 0.05) is 25.7 Å². The predicted octanol–water partition coefficient (Wildman–Crippen LogP) is 3.52. The van der Waals surface area contributed by atoms with Crippen molar-refractivity contribution in [2.45, 2.75) is 45.2 Å². The van der Waals surface area contributed by atoms with Gasteiger partial charge in [0.25, 0.3) is 0 Å². The summed E-state index contributed by atoms with van der Waals surface area (Å²) in [6.07, 6.45) is 4.62. The lowest BCUT2D eigenvalue weighted by molar-refractivity contribution is -0.138. The lowest BCUT2D eigenvalue weighted by atomic mass is 10.1. The van der Waals surface area contributed by atoms with E-state index in [0.717, 1.165) is 32.0 Å². The number of rotatable bonds is 4. The van der Waals surface area contributed by atoms with Crippen LogP contribution in [0.1, 0.15) is 37.1 Å². The molecule has 2 fully saturated rings. The van der Waals surface area contributed by atoms with Gasteiger partial charge in [0.05, 0.1) is 17.8 Å². The van der Waals surface area contributed by atoms with Crippen LogP contribution in [0.15, 0.2) is 22.6 Å². The van der Waals surface area contributed by atoms with E-state index in [0.29, 0.717) is 30.6 Å². The highest BCUT2D eigenvalue weighted by Crippen LogP contribution is 2.28. The van der Waals surface area contributed by atoms with Crippen LogP contribution in [-0.2, 0) is 11.3 Å². The number of carbonyl (C=O) groups excluding carboxylic acids is 1. The van der Waals surface area contributed by atoms with E-state index in [1.54, 1.807) is 6.92 Å². The summed E-state index contributed by atoms with van der Waals surface area (Å²) in [5.74, 6) is -1.12. The predicted molar refractivity (Wildman–Crippen MR) is 95.8 cm³/mol. The molecule has 1 aromatic heterocycles. The number of hydrogen-bond donors (Lipinski definition) is 0. The molecule has 27 heavy (non-hydrogen) atoms. The lowest BCUT2D eigenvalue weighted by Gasteiger charge is -2.37. The molecule has 1 aromatic carbocycles. The fraction of sp³-hybridized carbons (Fsp3) is 0.500. The molecule has 4 rings (SSSR count). The maximum absolute atomic E-state index is 14.0. The van der Waals surface area contributed by atoms with Crippen molar-refractivity contribution >= 4 is 5.91 Å². The number of halogens is 2. The summed E-state index contributed by atoms with van der Waals surface area (Å²) in [6, 6.07) is 4.33. The zero-order valence-corrected chi connectivity index (χ0v) is 15.4. The summed E-state index contributed by atoms with van der Waals surface area (Å²) in [5.41, 5.74) is 0.655. The Morgan fingerprint density at radius 1 is 1.22 bits per heavy atom. The van der Waals surface area contributed by atoms with Crippen molar-refractivity contribution in [1.82, 2.24) is 14.8 Å². The van der Waals surface area contributed by atoms with Gasteiger partial charge < -0.3 is 9.32 Å². The molecular weight excluding hydrogens is 352 g/mol. The number of carbonyl (C=O) groups is 1. The van der Waals surface area contributed by atoms with Crippen LogP contribution in [0.4, 0.5) is 8.78 Å². The van der Waals surface area contributed by atoms with E-state index in [4.69, 9.17) is 4.42 Å². The van der Waals surface area contributed by atoms with Gasteiger partial charge in [0.2, 0.25) is 11.8 Å². The summed E-state index contributed by atoms with van der Waals surface area (Å²) >= 11 is 0. The minimum atomic E-state index is -0.967. The molecule has 2 aliphatic rings. The topological polar surface area (TPSA) is 49.6 Å². The molecule has 0 atom stereocenters. The van der Waals surface area contributed by atoms with E-state index >= 15 is 0 Å². The van der Waals surface area contributed by atoms with Crippen molar-refractivity contribution in [2.75, 3.05) is 19.6 Å². The molecule has 7 heteroatoms. The third kappa shape index (κ3) is 3.60. The molecule has 1 aliphatic heterocycles. The quantitative estimate of drug-likeness (QED) is 0.821. The number of oxazole rings is 1. The third-order valence-electron chi connectivity index (χ3n) is 5.55. The summed E-state index contributed by atoms with van der Waals surface area (Å²) in [6.45, 7) is 4.06. The molecule has 1 saturated carbocycles. The summed E-state index contributed by atoms with van der Waals surface area (Å²) in [5, 5.41) is 0. The van der Waals surface area contributed by atoms with Crippen LogP contribution in [0.3, 0.4) is 0 Å². The molecule has 1 aliphatic carbocycles. The fourth-order valence-electron chi connectivity index (χ4n) is 4.04. The Bertz CT molecular complexity index is 846. The zero-order valence-electron chi connectivity index (χ0n) is 15.4. The highest BCUT2D eigenvalue weighted by atomic mass is 19.2. The van der Waals surface area contributed by atoms with Crippen LogP contribution in [0.25, 0.3) is 11.5 Å². The number of piperazine rings is 1. The first-order chi connectivity index (χ1) is 13.0. The Kier molecular flexibility index (Phi) is 4.95. The number of aromatic nitrogens is 1. The molecule has 0 N–H and O–H groups in total. The second-order valence-corrected chi connectivity index (χ2v) is 7.36. The fourth-order valence-corrected chi connectivity index (χ4v) is 4.04. The number of nitrogens with zero attached hydrogens (tertiary/aromatic N) is 3. The van der Waals surface area contributed by atoms with Crippen LogP contribution >= 0.6 is 0 Å². The van der Waals surface area contributed by atoms with Gasteiger partial charge >= 0.3 is 0 Å². The molecular formula is C20H23F2N3O2. The maximum Gasteiger partial charge on any atom is 0.237 e. The van der Waals surface area contributed by atoms with Crippen molar-refractivity contribution in [3.63, 3.8) is 0 Å². The van der Waals surface area contributed by atoms with E-state index in [1.807, 2.05) is 9.80 Å². The van der Waals surface area contributed by atoms with E-state index in [2.05, 4.69) is 4.98 Å². The molecule has 0 bridgehead atoms. The van der Waals surface area contributed by atoms with E-state index in [9.17, 15) is 13.6 Å². The van der Waals surface area contributed by atoms with Gasteiger partial charge in [-0.3, -0.25) is 9.69 Å². The lowest BCUT2D eigenvalue weighted by Crippen LogP contribution is -2.53. The van der Waals surface area contributed by atoms with E-state index < -0.39 is 11.6 Å². The minimum Gasteiger partial charge on any atom is -0.441 e. The molecule has 0 unspecified atom stereocenters. The Balaban J connectivity index is 1.45. The molecule has 5 nitrogen and oxygen atoms in total. The number of hydrogen-bond acceptors (Lipinski definition) is 4. The maximum atomic E-state index is 14.0. The highest BCUT2D eigenvalue weighted by Gasteiger charge is 2.31. The van der Waals surface area contributed by atoms with Gasteiger partial charge in [0.1, 0.15) is 5.76 Å². The SMILES string of the molecule is Cc1oc(-c2cccc(F)c2F)nc1CN1CCN(C2CCCC2)C(=O)C1. The van der Waals surface area contributed by atoms with Crippen LogP contribution in [0.2, 0.25) is 0 Å². The van der Waals surface area contributed by atoms with Gasteiger partial charge in [-0.05, 0) is 31.9 Å². The third-order valence-corrected chi connectivity index (χ3v) is 5.55. The Morgan fingerprint density at radius 3 is 2.74 bits per heavy atom. The van der Waals surface area contributed by atoms with E-state index in [-0.39, 0.29) is 17.4 Å². The molecule has 2 aromatic rings. The van der Waals surface area contributed by atoms with Crippen molar-refractivity contribution in [1.29, 1.82) is 0 Å². The van der Waals surface area contributed by atoms with Gasteiger partial charge in [-0.1, -0.05) is 18.9 Å². The minimum absolute atomic E-state index is 0.00600. The Morgan fingerprint density at radius 2 is 2.00 bits per heavy atom. The van der Waals surface area contributed by atoms with Crippen molar-refractivity contribution < 1.29 is 18.0 Å². The van der Waals surface area contributed by atoms with E-state index in [1.165, 1.54) is 25.0 Å². The smallest absolute Gasteiger partial charge is 0.237 e. The Hall–Kier alpha value is -2.28. The monoisotopic (exact) mass is 375 g/mol. The van der Waals surface area contributed by atoms with Crippen molar-refractivity contribution in [2.24, 2.45) is 0 Å². The molecule has 0 spiro atoms. The number of benzene rings is 1. The number of aryl methyl sites for hydroxylation is 1. The van der Waals surface area contributed by atoms with Gasteiger partial charge in [-0.25, -0.2) is 13.8 Å². The first kappa shape index (κ1) is 18.1. The van der Waals surface area contributed by atoms with Crippen molar-refractivity contribution in [3.8, 4) is 11.5 Å².